The molecule has 2 aromatic rings. The third-order valence-electron chi connectivity index (χ3n) is 4.94. The second-order valence-electron chi connectivity index (χ2n) is 6.57. The van der Waals surface area contributed by atoms with Gasteiger partial charge in [0.2, 0.25) is 10.0 Å². The number of benzene rings is 2. The van der Waals surface area contributed by atoms with Crippen LogP contribution in [0.2, 0.25) is 0 Å². The molecule has 1 atom stereocenters. The molecule has 6 nitrogen and oxygen atoms in total. The third kappa shape index (κ3) is 3.99. The van der Waals surface area contributed by atoms with E-state index >= 15 is 0 Å². The Bertz CT molecular complexity index is 951. The van der Waals surface area contributed by atoms with Crippen molar-refractivity contribution in [3.63, 3.8) is 0 Å². The number of sulfonamides is 1. The van der Waals surface area contributed by atoms with E-state index in [0.29, 0.717) is 23.6 Å². The average Bonchev–Trinajstić information content (AvgIpc) is 3.07. The number of ketones is 1. The molecule has 1 aliphatic rings. The van der Waals surface area contributed by atoms with E-state index < -0.39 is 10.0 Å². The number of methoxy groups -OCH3 is 2. The molecule has 0 amide bonds. The van der Waals surface area contributed by atoms with Crippen molar-refractivity contribution in [2.24, 2.45) is 0 Å². The Hall–Kier alpha value is -2.38. The summed E-state index contributed by atoms with van der Waals surface area (Å²) in [6, 6.07) is 9.86. The maximum atomic E-state index is 12.6. The van der Waals surface area contributed by atoms with Gasteiger partial charge < -0.3 is 9.47 Å². The molecule has 0 radical (unpaired) electrons. The summed E-state index contributed by atoms with van der Waals surface area (Å²) in [5.74, 6) is 1.30. The quantitative estimate of drug-likeness (QED) is 0.737. The van der Waals surface area contributed by atoms with Crippen LogP contribution in [0.5, 0.6) is 11.5 Å². The van der Waals surface area contributed by atoms with Crippen LogP contribution in [-0.4, -0.2) is 35.0 Å². The molecule has 1 aliphatic carbocycles. The molecule has 0 bridgehead atoms. The van der Waals surface area contributed by atoms with Crippen molar-refractivity contribution in [3.8, 4) is 11.5 Å². The van der Waals surface area contributed by atoms with Crippen LogP contribution in [0.15, 0.2) is 41.3 Å². The van der Waals surface area contributed by atoms with Crippen LogP contribution < -0.4 is 14.2 Å². The number of hydrogen-bond donors (Lipinski definition) is 1. The Labute approximate surface area is 159 Å². The van der Waals surface area contributed by atoms with E-state index in [2.05, 4.69) is 4.72 Å². The molecule has 1 N–H and O–H groups in total. The number of aryl methyl sites for hydroxylation is 1. The van der Waals surface area contributed by atoms with Crippen molar-refractivity contribution in [2.45, 2.75) is 30.6 Å². The van der Waals surface area contributed by atoms with E-state index in [1.165, 1.54) is 31.2 Å². The van der Waals surface area contributed by atoms with E-state index in [1.54, 1.807) is 14.2 Å². The largest absolute Gasteiger partial charge is 0.493 e. The van der Waals surface area contributed by atoms with Crippen LogP contribution in [0.25, 0.3) is 0 Å². The molecule has 0 heterocycles. The molecule has 2 aromatic carbocycles. The minimum Gasteiger partial charge on any atom is -0.493 e. The monoisotopic (exact) mass is 389 g/mol. The van der Waals surface area contributed by atoms with Gasteiger partial charge in [-0.3, -0.25) is 4.79 Å². The lowest BCUT2D eigenvalue weighted by atomic mass is 10.0. The van der Waals surface area contributed by atoms with Crippen LogP contribution in [0.4, 0.5) is 0 Å². The molecule has 0 saturated heterocycles. The van der Waals surface area contributed by atoms with Gasteiger partial charge in [-0.2, -0.15) is 0 Å². The first-order chi connectivity index (χ1) is 12.9. The van der Waals surface area contributed by atoms with Gasteiger partial charge in [0.05, 0.1) is 19.1 Å². The summed E-state index contributed by atoms with van der Waals surface area (Å²) in [5, 5.41) is 0. The number of fused-ring (bicyclic) bond motifs is 1. The normalized spacial score (nSPS) is 16.0. The zero-order valence-electron chi connectivity index (χ0n) is 15.6. The highest BCUT2D eigenvalue weighted by Crippen LogP contribution is 2.40. The van der Waals surface area contributed by atoms with Crippen LogP contribution in [0.1, 0.15) is 40.7 Å². The predicted molar refractivity (Wildman–Crippen MR) is 102 cm³/mol. The zero-order chi connectivity index (χ0) is 19.6. The summed E-state index contributed by atoms with van der Waals surface area (Å²) in [6.45, 7) is 1.75. The van der Waals surface area contributed by atoms with Crippen LogP contribution in [0.3, 0.4) is 0 Å². The Morgan fingerprint density at radius 1 is 1.11 bits per heavy atom. The van der Waals surface area contributed by atoms with Gasteiger partial charge in [0.25, 0.3) is 0 Å². The Kier molecular flexibility index (Phi) is 5.53. The lowest BCUT2D eigenvalue weighted by Crippen LogP contribution is -2.28. The fourth-order valence-electron chi connectivity index (χ4n) is 3.39. The van der Waals surface area contributed by atoms with Crippen molar-refractivity contribution >= 4 is 15.8 Å². The molecule has 0 fully saturated rings. The second kappa shape index (κ2) is 7.70. The Morgan fingerprint density at radius 2 is 1.74 bits per heavy atom. The summed E-state index contributed by atoms with van der Waals surface area (Å²) in [6.07, 6.45) is 1.73. The Morgan fingerprint density at radius 3 is 2.33 bits per heavy atom. The highest BCUT2D eigenvalue weighted by molar-refractivity contribution is 7.89. The number of Topliss-reactive ketones (excluding diaryl/α,β-unsaturated/α-hetero) is 1. The number of rotatable bonds is 7. The second-order valence-corrected chi connectivity index (χ2v) is 8.34. The molecule has 144 valence electrons. The molecule has 7 heteroatoms. The number of hydrogen-bond acceptors (Lipinski definition) is 5. The van der Waals surface area contributed by atoms with Crippen molar-refractivity contribution in [1.29, 1.82) is 0 Å². The molecule has 0 aromatic heterocycles. The van der Waals surface area contributed by atoms with E-state index in [-0.39, 0.29) is 16.6 Å². The van der Waals surface area contributed by atoms with Gasteiger partial charge in [-0.05, 0) is 61.1 Å². The zero-order valence-corrected chi connectivity index (χ0v) is 16.4. The van der Waals surface area contributed by atoms with Crippen molar-refractivity contribution in [1.82, 2.24) is 4.72 Å². The van der Waals surface area contributed by atoms with Gasteiger partial charge in [-0.25, -0.2) is 13.1 Å². The fourth-order valence-corrected chi connectivity index (χ4v) is 4.47. The number of carbonyl (C=O) groups is 1. The minimum atomic E-state index is -3.64. The number of ether oxygens (including phenoxy) is 2. The summed E-state index contributed by atoms with van der Waals surface area (Å²) in [5.41, 5.74) is 2.73. The lowest BCUT2D eigenvalue weighted by molar-refractivity contribution is 0.101. The molecule has 0 saturated carbocycles. The molecule has 27 heavy (non-hydrogen) atoms. The van der Waals surface area contributed by atoms with E-state index in [1.807, 2.05) is 12.1 Å². The van der Waals surface area contributed by atoms with E-state index in [0.717, 1.165) is 24.0 Å². The standard InChI is InChI=1S/C20H23NO5S/c1-13(22)14-6-8-17(9-7-14)27(23,24)21-12-16-5-4-15-10-19(25-2)20(26-3)11-18(15)16/h6-11,16,21H,4-5,12H2,1-3H3. The highest BCUT2D eigenvalue weighted by Gasteiger charge is 2.26. The van der Waals surface area contributed by atoms with Crippen LogP contribution in [-0.2, 0) is 16.4 Å². The van der Waals surface area contributed by atoms with Gasteiger partial charge in [0, 0.05) is 12.1 Å². The number of carbonyl (C=O) groups excluding carboxylic acids is 1. The van der Waals surface area contributed by atoms with Gasteiger partial charge in [0.15, 0.2) is 17.3 Å². The smallest absolute Gasteiger partial charge is 0.240 e. The first-order valence-corrected chi connectivity index (χ1v) is 10.2. The molecule has 3 rings (SSSR count). The maximum absolute atomic E-state index is 12.6. The van der Waals surface area contributed by atoms with Crippen LogP contribution >= 0.6 is 0 Å². The van der Waals surface area contributed by atoms with Gasteiger partial charge in [-0.1, -0.05) is 12.1 Å². The summed E-state index contributed by atoms with van der Waals surface area (Å²) < 4.78 is 38.5. The highest BCUT2D eigenvalue weighted by atomic mass is 32.2. The molecular weight excluding hydrogens is 366 g/mol. The Balaban J connectivity index is 1.75. The van der Waals surface area contributed by atoms with E-state index in [9.17, 15) is 13.2 Å². The third-order valence-corrected chi connectivity index (χ3v) is 6.38. The lowest BCUT2D eigenvalue weighted by Gasteiger charge is -2.15. The topological polar surface area (TPSA) is 81.7 Å². The average molecular weight is 389 g/mol. The van der Waals surface area contributed by atoms with Crippen molar-refractivity contribution < 1.29 is 22.7 Å². The van der Waals surface area contributed by atoms with Crippen molar-refractivity contribution in [3.05, 3.63) is 53.1 Å². The molecule has 1 unspecified atom stereocenters. The van der Waals surface area contributed by atoms with E-state index in [4.69, 9.17) is 9.47 Å². The van der Waals surface area contributed by atoms with Crippen molar-refractivity contribution in [2.75, 3.05) is 20.8 Å². The fraction of sp³-hybridized carbons (Fsp3) is 0.350. The van der Waals surface area contributed by atoms with Gasteiger partial charge in [0.1, 0.15) is 0 Å². The minimum absolute atomic E-state index is 0.0751. The van der Waals surface area contributed by atoms with Gasteiger partial charge in [-0.15, -0.1) is 0 Å². The summed E-state index contributed by atoms with van der Waals surface area (Å²) in [7, 11) is -0.454. The molecule has 0 spiro atoms. The summed E-state index contributed by atoms with van der Waals surface area (Å²) >= 11 is 0. The SMILES string of the molecule is COc1cc2c(cc1OC)C(CNS(=O)(=O)c1ccc(C(C)=O)cc1)CC2. The molecular formula is C20H23NO5S. The predicted octanol–water partition coefficient (Wildman–Crippen LogP) is 2.91. The first-order valence-electron chi connectivity index (χ1n) is 8.71. The number of nitrogens with one attached hydrogen (secondary N) is 1. The first kappa shape index (κ1) is 19.4. The van der Waals surface area contributed by atoms with Crippen LogP contribution in [0, 0.1) is 0 Å². The maximum Gasteiger partial charge on any atom is 0.240 e. The molecule has 0 aliphatic heterocycles. The van der Waals surface area contributed by atoms with Gasteiger partial charge >= 0.3 is 0 Å². The summed E-state index contributed by atoms with van der Waals surface area (Å²) in [4.78, 5) is 11.5.